The van der Waals surface area contributed by atoms with Crippen LogP contribution in [0.4, 0.5) is 4.79 Å². The number of urea groups is 1. The van der Waals surface area contributed by atoms with Crippen molar-refractivity contribution in [1.82, 2.24) is 10.2 Å². The minimum Gasteiger partial charge on any atom is -0.480 e. The van der Waals surface area contributed by atoms with E-state index in [1.54, 1.807) is 4.90 Å². The number of amides is 2. The van der Waals surface area contributed by atoms with Crippen molar-refractivity contribution in [1.29, 1.82) is 0 Å². The van der Waals surface area contributed by atoms with Crippen LogP contribution in [0, 0.1) is 5.92 Å². The number of nitrogens with one attached hydrogen (secondary N) is 1. The molecule has 1 fully saturated rings. The molecule has 1 unspecified atom stereocenters. The number of carboxylic acid groups (broad SMARTS) is 1. The fourth-order valence-corrected chi connectivity index (χ4v) is 1.59. The van der Waals surface area contributed by atoms with E-state index in [4.69, 9.17) is 10.2 Å². The molecule has 1 saturated carbocycles. The second-order valence-corrected chi connectivity index (χ2v) is 4.33. The van der Waals surface area contributed by atoms with Crippen molar-refractivity contribution in [3.8, 4) is 0 Å². The fourth-order valence-electron chi connectivity index (χ4n) is 1.59. The third kappa shape index (κ3) is 4.60. The Balaban J connectivity index is 2.44. The minimum absolute atomic E-state index is 0.0298. The Hall–Kier alpha value is -1.30. The van der Waals surface area contributed by atoms with Crippen LogP contribution in [-0.2, 0) is 4.79 Å². The number of carbonyl (C=O) groups is 2. The summed E-state index contributed by atoms with van der Waals surface area (Å²) >= 11 is 0. The molecule has 0 aromatic rings. The van der Waals surface area contributed by atoms with Crippen molar-refractivity contribution in [3.05, 3.63) is 0 Å². The van der Waals surface area contributed by atoms with Crippen LogP contribution in [-0.4, -0.2) is 52.9 Å². The van der Waals surface area contributed by atoms with Crippen molar-refractivity contribution >= 4 is 12.0 Å². The molecule has 6 nitrogen and oxygen atoms in total. The summed E-state index contributed by atoms with van der Waals surface area (Å²) in [5.41, 5.74) is 0. The summed E-state index contributed by atoms with van der Waals surface area (Å²) < 4.78 is 0. The van der Waals surface area contributed by atoms with E-state index in [-0.39, 0.29) is 19.1 Å². The van der Waals surface area contributed by atoms with Gasteiger partial charge in [-0.25, -0.2) is 9.59 Å². The van der Waals surface area contributed by atoms with Crippen molar-refractivity contribution < 1.29 is 19.8 Å². The number of aliphatic hydroxyl groups excluding tert-OH is 1. The van der Waals surface area contributed by atoms with Crippen molar-refractivity contribution in [3.63, 3.8) is 0 Å². The highest BCUT2D eigenvalue weighted by Gasteiger charge is 2.28. The first-order chi connectivity index (χ1) is 8.08. The normalized spacial score (nSPS) is 16.4. The zero-order valence-corrected chi connectivity index (χ0v) is 10.1. The number of aliphatic carboxylic acids is 1. The standard InChI is InChI=1S/C11H20N2O4/c1-2-13(7-8-3-4-8)11(17)12-9(5-6-14)10(15)16/h8-9,14H,2-7H2,1H3,(H,12,17)(H,15,16). The fraction of sp³-hybridized carbons (Fsp3) is 0.818. The topological polar surface area (TPSA) is 89.9 Å². The van der Waals surface area contributed by atoms with Gasteiger partial charge in [-0.2, -0.15) is 0 Å². The number of rotatable bonds is 7. The van der Waals surface area contributed by atoms with Gasteiger partial charge in [0.1, 0.15) is 6.04 Å². The third-order valence-corrected chi connectivity index (χ3v) is 2.86. The number of carbonyl (C=O) groups excluding carboxylic acids is 1. The second-order valence-electron chi connectivity index (χ2n) is 4.33. The molecule has 0 radical (unpaired) electrons. The Morgan fingerprint density at radius 3 is 2.53 bits per heavy atom. The summed E-state index contributed by atoms with van der Waals surface area (Å²) in [5, 5.41) is 20.0. The molecule has 0 spiro atoms. The summed E-state index contributed by atoms with van der Waals surface area (Å²) in [7, 11) is 0. The maximum Gasteiger partial charge on any atom is 0.326 e. The zero-order chi connectivity index (χ0) is 12.8. The van der Waals surface area contributed by atoms with Gasteiger partial charge in [-0.05, 0) is 25.7 Å². The molecular formula is C11H20N2O4. The van der Waals surface area contributed by atoms with Crippen LogP contribution in [0.25, 0.3) is 0 Å². The second kappa shape index (κ2) is 6.44. The van der Waals surface area contributed by atoms with Gasteiger partial charge in [0.2, 0.25) is 0 Å². The van der Waals surface area contributed by atoms with E-state index in [1.165, 1.54) is 0 Å². The molecule has 0 bridgehead atoms. The summed E-state index contributed by atoms with van der Waals surface area (Å²) in [6.07, 6.45) is 2.31. The predicted molar refractivity (Wildman–Crippen MR) is 61.6 cm³/mol. The van der Waals surface area contributed by atoms with Gasteiger partial charge < -0.3 is 20.4 Å². The molecule has 0 aromatic carbocycles. The van der Waals surface area contributed by atoms with E-state index in [2.05, 4.69) is 5.32 Å². The molecule has 2 amide bonds. The highest BCUT2D eigenvalue weighted by atomic mass is 16.4. The Labute approximate surface area is 101 Å². The lowest BCUT2D eigenvalue weighted by Crippen LogP contribution is -2.48. The number of hydrogen-bond acceptors (Lipinski definition) is 3. The van der Waals surface area contributed by atoms with Crippen LogP contribution in [0.2, 0.25) is 0 Å². The third-order valence-electron chi connectivity index (χ3n) is 2.86. The summed E-state index contributed by atoms with van der Waals surface area (Å²) in [6.45, 7) is 2.86. The predicted octanol–water partition coefficient (Wildman–Crippen LogP) is 0.263. The number of nitrogens with zero attached hydrogens (tertiary/aromatic N) is 1. The molecule has 98 valence electrons. The van der Waals surface area contributed by atoms with E-state index in [0.717, 1.165) is 12.8 Å². The van der Waals surface area contributed by atoms with E-state index < -0.39 is 12.0 Å². The molecule has 0 aliphatic heterocycles. The van der Waals surface area contributed by atoms with Gasteiger partial charge in [0, 0.05) is 26.1 Å². The largest absolute Gasteiger partial charge is 0.480 e. The number of aliphatic hydroxyl groups is 1. The quantitative estimate of drug-likeness (QED) is 0.599. The maximum atomic E-state index is 11.8. The lowest BCUT2D eigenvalue weighted by molar-refractivity contribution is -0.139. The molecule has 0 saturated heterocycles. The van der Waals surface area contributed by atoms with Gasteiger partial charge in [0.25, 0.3) is 0 Å². The molecule has 6 heteroatoms. The lowest BCUT2D eigenvalue weighted by Gasteiger charge is -2.23. The Kier molecular flexibility index (Phi) is 5.21. The highest BCUT2D eigenvalue weighted by molar-refractivity contribution is 5.82. The average molecular weight is 244 g/mol. The van der Waals surface area contributed by atoms with Gasteiger partial charge >= 0.3 is 12.0 Å². The smallest absolute Gasteiger partial charge is 0.326 e. The van der Waals surface area contributed by atoms with Gasteiger partial charge in [0.05, 0.1) is 0 Å². The molecule has 1 aliphatic carbocycles. The molecule has 0 aromatic heterocycles. The molecule has 1 aliphatic rings. The van der Waals surface area contributed by atoms with Crippen LogP contribution in [0.15, 0.2) is 0 Å². The average Bonchev–Trinajstić information content (AvgIpc) is 3.08. The molecule has 1 atom stereocenters. The first-order valence-corrected chi connectivity index (χ1v) is 5.97. The first kappa shape index (κ1) is 13.8. The summed E-state index contributed by atoms with van der Waals surface area (Å²) in [5.74, 6) is -0.545. The maximum absolute atomic E-state index is 11.8. The van der Waals surface area contributed by atoms with E-state index in [1.807, 2.05) is 6.92 Å². The van der Waals surface area contributed by atoms with Crippen molar-refractivity contribution in [2.75, 3.05) is 19.7 Å². The van der Waals surface area contributed by atoms with Gasteiger partial charge in [0.15, 0.2) is 0 Å². The summed E-state index contributed by atoms with van der Waals surface area (Å²) in [6, 6.07) is -1.37. The van der Waals surface area contributed by atoms with E-state index in [0.29, 0.717) is 19.0 Å². The molecule has 3 N–H and O–H groups in total. The van der Waals surface area contributed by atoms with Gasteiger partial charge in [-0.3, -0.25) is 0 Å². The summed E-state index contributed by atoms with van der Waals surface area (Å²) in [4.78, 5) is 24.2. The first-order valence-electron chi connectivity index (χ1n) is 5.97. The SMILES string of the molecule is CCN(CC1CC1)C(=O)NC(CCO)C(=O)O. The van der Waals surface area contributed by atoms with E-state index in [9.17, 15) is 9.59 Å². The van der Waals surface area contributed by atoms with Crippen LogP contribution in [0.5, 0.6) is 0 Å². The Morgan fingerprint density at radius 1 is 1.47 bits per heavy atom. The Morgan fingerprint density at radius 2 is 2.12 bits per heavy atom. The number of hydrogen-bond donors (Lipinski definition) is 3. The van der Waals surface area contributed by atoms with Crippen molar-refractivity contribution in [2.45, 2.75) is 32.2 Å². The minimum atomic E-state index is -1.12. The number of carboxylic acids is 1. The molecule has 0 heterocycles. The molecular weight excluding hydrogens is 224 g/mol. The Bertz CT molecular complexity index is 279. The van der Waals surface area contributed by atoms with Crippen LogP contribution in [0.1, 0.15) is 26.2 Å². The zero-order valence-electron chi connectivity index (χ0n) is 10.1. The van der Waals surface area contributed by atoms with Gasteiger partial charge in [-0.1, -0.05) is 0 Å². The molecule has 1 rings (SSSR count). The lowest BCUT2D eigenvalue weighted by atomic mass is 10.2. The van der Waals surface area contributed by atoms with Crippen LogP contribution >= 0.6 is 0 Å². The van der Waals surface area contributed by atoms with Crippen molar-refractivity contribution in [2.24, 2.45) is 5.92 Å². The highest BCUT2D eigenvalue weighted by Crippen LogP contribution is 2.29. The molecule has 17 heavy (non-hydrogen) atoms. The van der Waals surface area contributed by atoms with Gasteiger partial charge in [-0.15, -0.1) is 0 Å². The monoisotopic (exact) mass is 244 g/mol. The van der Waals surface area contributed by atoms with E-state index >= 15 is 0 Å². The van der Waals surface area contributed by atoms with Crippen LogP contribution in [0.3, 0.4) is 0 Å². The van der Waals surface area contributed by atoms with Crippen LogP contribution < -0.4 is 5.32 Å².